The Morgan fingerprint density at radius 3 is 2.27 bits per heavy atom. The number of urea groups is 1. The molecule has 0 bridgehead atoms. The number of phenols is 1. The van der Waals surface area contributed by atoms with Gasteiger partial charge in [-0.1, -0.05) is 30.3 Å². The zero-order chi connectivity index (χ0) is 23.6. The molecule has 0 radical (unpaired) electrons. The third-order valence-electron chi connectivity index (χ3n) is 4.62. The average molecular weight is 464 g/mol. The molecule has 10 heteroatoms. The highest BCUT2D eigenvalue weighted by atomic mass is 32.2. The number of nitrogens with one attached hydrogen (secondary N) is 1. The minimum atomic E-state index is -4.08. The van der Waals surface area contributed by atoms with E-state index >= 15 is 0 Å². The maximum atomic E-state index is 12.9. The van der Waals surface area contributed by atoms with E-state index in [-0.39, 0.29) is 27.7 Å². The topological polar surface area (TPSA) is 130 Å². The number of amides is 4. The van der Waals surface area contributed by atoms with Crippen LogP contribution in [0.3, 0.4) is 0 Å². The van der Waals surface area contributed by atoms with Gasteiger partial charge in [-0.05, 0) is 60.2 Å². The van der Waals surface area contributed by atoms with Crippen LogP contribution in [0.5, 0.6) is 11.5 Å². The third kappa shape index (κ3) is 4.60. The molecule has 0 unspecified atom stereocenters. The second-order valence-corrected chi connectivity index (χ2v) is 8.44. The molecule has 33 heavy (non-hydrogen) atoms. The summed E-state index contributed by atoms with van der Waals surface area (Å²) in [6, 6.07) is 17.7. The molecule has 4 rings (SSSR count). The zero-order valence-corrected chi connectivity index (χ0v) is 17.7. The van der Waals surface area contributed by atoms with Crippen molar-refractivity contribution in [2.45, 2.75) is 4.90 Å². The van der Waals surface area contributed by atoms with Gasteiger partial charge in [-0.15, -0.1) is 0 Å². The lowest BCUT2D eigenvalue weighted by Crippen LogP contribution is -2.54. The molecule has 0 atom stereocenters. The lowest BCUT2D eigenvalue weighted by molar-refractivity contribution is -0.122. The van der Waals surface area contributed by atoms with E-state index in [1.54, 1.807) is 18.2 Å². The van der Waals surface area contributed by atoms with Crippen LogP contribution in [-0.2, 0) is 19.7 Å². The molecule has 3 aromatic carbocycles. The predicted molar refractivity (Wildman–Crippen MR) is 118 cm³/mol. The smallest absolute Gasteiger partial charge is 0.339 e. The van der Waals surface area contributed by atoms with E-state index in [4.69, 9.17) is 4.18 Å². The Hall–Kier alpha value is -4.44. The summed E-state index contributed by atoms with van der Waals surface area (Å²) in [5.41, 5.74) is 0.111. The number of nitrogens with zero attached hydrogens (tertiary/aromatic N) is 1. The van der Waals surface area contributed by atoms with Crippen LogP contribution in [-0.4, -0.2) is 31.4 Å². The summed E-state index contributed by atoms with van der Waals surface area (Å²) in [6.07, 6.45) is 1.22. The molecule has 3 aromatic rings. The van der Waals surface area contributed by atoms with E-state index in [0.717, 1.165) is 4.90 Å². The zero-order valence-electron chi connectivity index (χ0n) is 16.8. The van der Waals surface area contributed by atoms with Gasteiger partial charge in [0.05, 0.1) is 5.69 Å². The number of barbiturate groups is 1. The fourth-order valence-corrected chi connectivity index (χ4v) is 4.02. The van der Waals surface area contributed by atoms with Crippen molar-refractivity contribution in [3.05, 3.63) is 90.0 Å². The summed E-state index contributed by atoms with van der Waals surface area (Å²) in [5, 5.41) is 11.5. The molecule has 9 nitrogen and oxygen atoms in total. The van der Waals surface area contributed by atoms with Crippen molar-refractivity contribution in [3.63, 3.8) is 0 Å². The van der Waals surface area contributed by atoms with Crippen LogP contribution in [0.15, 0.2) is 89.3 Å². The first kappa shape index (κ1) is 21.8. The fourth-order valence-electron chi connectivity index (χ4n) is 3.08. The van der Waals surface area contributed by atoms with Gasteiger partial charge in [-0.25, -0.2) is 9.69 Å². The largest absolute Gasteiger partial charge is 0.508 e. The van der Waals surface area contributed by atoms with Crippen molar-refractivity contribution < 1.29 is 32.1 Å². The van der Waals surface area contributed by atoms with Gasteiger partial charge in [0, 0.05) is 0 Å². The summed E-state index contributed by atoms with van der Waals surface area (Å²) >= 11 is 0. The molecule has 1 saturated heterocycles. The van der Waals surface area contributed by atoms with Gasteiger partial charge < -0.3 is 9.29 Å². The second kappa shape index (κ2) is 8.60. The summed E-state index contributed by atoms with van der Waals surface area (Å²) in [7, 11) is -4.08. The fraction of sp³-hybridized carbons (Fsp3) is 0. The number of hydrogen-bond acceptors (Lipinski definition) is 7. The average Bonchev–Trinajstić information content (AvgIpc) is 2.78. The van der Waals surface area contributed by atoms with E-state index < -0.39 is 28.0 Å². The molecule has 0 aromatic heterocycles. The van der Waals surface area contributed by atoms with Gasteiger partial charge in [0.1, 0.15) is 22.0 Å². The van der Waals surface area contributed by atoms with Gasteiger partial charge in [0.25, 0.3) is 11.8 Å². The van der Waals surface area contributed by atoms with Gasteiger partial charge >= 0.3 is 16.1 Å². The van der Waals surface area contributed by atoms with Crippen molar-refractivity contribution in [3.8, 4) is 11.5 Å². The Labute approximate surface area is 188 Å². The second-order valence-electron chi connectivity index (χ2n) is 6.90. The standard InChI is InChI=1S/C23H16N2O7S/c26-17-11-9-16(10-12-17)25-22(28)20(21(27)24-23(25)29)14-15-5-4-6-18(13-15)32-33(30,31)19-7-2-1-3-8-19/h1-14,26H,(H,24,27,29)/b20-14-. The SMILES string of the molecule is O=C1NC(=O)N(c2ccc(O)cc2)C(=O)/C1=C\c1cccc(OS(=O)(=O)c2ccccc2)c1. The van der Waals surface area contributed by atoms with E-state index in [1.807, 2.05) is 0 Å². The molecule has 166 valence electrons. The van der Waals surface area contributed by atoms with E-state index in [1.165, 1.54) is 66.7 Å². The monoisotopic (exact) mass is 464 g/mol. The highest BCUT2D eigenvalue weighted by molar-refractivity contribution is 7.87. The highest BCUT2D eigenvalue weighted by Crippen LogP contribution is 2.25. The van der Waals surface area contributed by atoms with Gasteiger partial charge in [-0.3, -0.25) is 14.9 Å². The first-order valence-electron chi connectivity index (χ1n) is 9.55. The maximum absolute atomic E-state index is 12.9. The molecular weight excluding hydrogens is 448 g/mol. The number of carbonyl (C=O) groups is 3. The number of aromatic hydroxyl groups is 1. The lowest BCUT2D eigenvalue weighted by atomic mass is 10.1. The number of benzene rings is 3. The molecule has 1 heterocycles. The molecule has 1 fully saturated rings. The Kier molecular flexibility index (Phi) is 5.67. The third-order valence-corrected chi connectivity index (χ3v) is 5.88. The number of carbonyl (C=O) groups excluding carboxylic acids is 3. The van der Waals surface area contributed by atoms with Crippen molar-refractivity contribution in [1.82, 2.24) is 5.32 Å². The molecular formula is C23H16N2O7S. The Morgan fingerprint density at radius 2 is 1.58 bits per heavy atom. The molecule has 1 aliphatic rings. The number of anilines is 1. The highest BCUT2D eigenvalue weighted by Gasteiger charge is 2.36. The molecule has 2 N–H and O–H groups in total. The summed E-state index contributed by atoms with van der Waals surface area (Å²) in [5.74, 6) is -1.86. The van der Waals surface area contributed by atoms with Crippen LogP contribution in [0.1, 0.15) is 5.56 Å². The lowest BCUT2D eigenvalue weighted by Gasteiger charge is -2.26. The Balaban J connectivity index is 1.64. The minimum Gasteiger partial charge on any atom is -0.508 e. The van der Waals surface area contributed by atoms with Crippen LogP contribution < -0.4 is 14.4 Å². The summed E-state index contributed by atoms with van der Waals surface area (Å²) in [4.78, 5) is 38.2. The Morgan fingerprint density at radius 1 is 0.879 bits per heavy atom. The van der Waals surface area contributed by atoms with Gasteiger partial charge in [-0.2, -0.15) is 8.42 Å². The van der Waals surface area contributed by atoms with Gasteiger partial charge in [0.15, 0.2) is 0 Å². The van der Waals surface area contributed by atoms with Crippen molar-refractivity contribution in [1.29, 1.82) is 0 Å². The van der Waals surface area contributed by atoms with Gasteiger partial charge in [0.2, 0.25) is 0 Å². The summed E-state index contributed by atoms with van der Waals surface area (Å²) < 4.78 is 30.1. The molecule has 4 amide bonds. The van der Waals surface area contributed by atoms with E-state index in [2.05, 4.69) is 5.32 Å². The van der Waals surface area contributed by atoms with E-state index in [0.29, 0.717) is 5.56 Å². The van der Waals surface area contributed by atoms with Crippen molar-refractivity contribution in [2.24, 2.45) is 0 Å². The minimum absolute atomic E-state index is 0.0247. The van der Waals surface area contributed by atoms with Crippen molar-refractivity contribution in [2.75, 3.05) is 4.90 Å². The normalized spacial score (nSPS) is 15.5. The van der Waals surface area contributed by atoms with Crippen LogP contribution in [0, 0.1) is 0 Å². The Bertz CT molecular complexity index is 1380. The van der Waals surface area contributed by atoms with E-state index in [9.17, 15) is 27.9 Å². The summed E-state index contributed by atoms with van der Waals surface area (Å²) in [6.45, 7) is 0. The van der Waals surface area contributed by atoms with Crippen LogP contribution >= 0.6 is 0 Å². The number of imide groups is 2. The van der Waals surface area contributed by atoms with Crippen LogP contribution in [0.4, 0.5) is 10.5 Å². The van der Waals surface area contributed by atoms with Crippen LogP contribution in [0.2, 0.25) is 0 Å². The molecule has 0 aliphatic carbocycles. The first-order valence-corrected chi connectivity index (χ1v) is 11.0. The maximum Gasteiger partial charge on any atom is 0.339 e. The first-order chi connectivity index (χ1) is 15.7. The van der Waals surface area contributed by atoms with Crippen LogP contribution in [0.25, 0.3) is 6.08 Å². The molecule has 0 spiro atoms. The number of phenolic OH excluding ortho intramolecular Hbond substituents is 1. The number of hydrogen-bond donors (Lipinski definition) is 2. The number of rotatable bonds is 5. The molecule has 0 saturated carbocycles. The quantitative estimate of drug-likeness (QED) is 0.337. The predicted octanol–water partition coefficient (Wildman–Crippen LogP) is 2.83. The van der Waals surface area contributed by atoms with Crippen molar-refractivity contribution >= 4 is 39.7 Å². The molecule has 1 aliphatic heterocycles.